The van der Waals surface area contributed by atoms with Crippen LogP contribution in [0.2, 0.25) is 0 Å². The maximum atomic E-state index is 6.00. The van der Waals surface area contributed by atoms with Crippen LogP contribution in [0.5, 0.6) is 5.88 Å². The van der Waals surface area contributed by atoms with Crippen molar-refractivity contribution in [2.45, 2.75) is 65.0 Å². The molecule has 6 nitrogen and oxygen atoms in total. The molecule has 3 rings (SSSR count). The van der Waals surface area contributed by atoms with Crippen molar-refractivity contribution in [3.63, 3.8) is 0 Å². The lowest BCUT2D eigenvalue weighted by Gasteiger charge is -2.13. The van der Waals surface area contributed by atoms with Crippen LogP contribution < -0.4 is 15.4 Å². The second kappa shape index (κ2) is 11.0. The van der Waals surface area contributed by atoms with E-state index in [9.17, 15) is 0 Å². The number of rotatable bonds is 9. The zero-order valence-electron chi connectivity index (χ0n) is 16.9. The molecular weight excluding hydrogens is 370 g/mol. The van der Waals surface area contributed by atoms with Gasteiger partial charge in [0, 0.05) is 42.8 Å². The lowest BCUT2D eigenvalue weighted by molar-refractivity contribution is 0.201. The maximum absolute atomic E-state index is 6.00. The van der Waals surface area contributed by atoms with Crippen LogP contribution in [0.4, 0.5) is 0 Å². The predicted octanol–water partition coefficient (Wildman–Crippen LogP) is 3.72. The van der Waals surface area contributed by atoms with Gasteiger partial charge in [-0.05, 0) is 50.7 Å². The molecule has 2 heterocycles. The fraction of sp³-hybridized carbons (Fsp3) is 0.571. The van der Waals surface area contributed by atoms with Crippen LogP contribution in [-0.4, -0.2) is 35.1 Å². The number of guanidine groups is 1. The molecule has 0 aromatic carbocycles. The average molecular weight is 402 g/mol. The van der Waals surface area contributed by atoms with Gasteiger partial charge in [-0.2, -0.15) is 0 Å². The van der Waals surface area contributed by atoms with Crippen molar-refractivity contribution in [3.8, 4) is 5.88 Å². The van der Waals surface area contributed by atoms with E-state index >= 15 is 0 Å². The summed E-state index contributed by atoms with van der Waals surface area (Å²) >= 11 is 1.79. The van der Waals surface area contributed by atoms with Gasteiger partial charge >= 0.3 is 0 Å². The van der Waals surface area contributed by atoms with Crippen LogP contribution in [0.3, 0.4) is 0 Å². The summed E-state index contributed by atoms with van der Waals surface area (Å²) in [4.78, 5) is 14.9. The number of ether oxygens (including phenoxy) is 1. The first-order valence-corrected chi connectivity index (χ1v) is 11.2. The van der Waals surface area contributed by atoms with Gasteiger partial charge in [0.1, 0.15) is 6.10 Å². The fourth-order valence-corrected chi connectivity index (χ4v) is 4.08. The van der Waals surface area contributed by atoms with E-state index in [0.717, 1.165) is 50.3 Å². The van der Waals surface area contributed by atoms with Crippen molar-refractivity contribution in [1.82, 2.24) is 20.6 Å². The number of thiazole rings is 1. The van der Waals surface area contributed by atoms with Crippen molar-refractivity contribution in [3.05, 3.63) is 40.0 Å². The molecule has 1 aliphatic carbocycles. The summed E-state index contributed by atoms with van der Waals surface area (Å²) in [6.45, 7) is 6.47. The van der Waals surface area contributed by atoms with Crippen LogP contribution in [0.15, 0.2) is 29.5 Å². The Kier molecular flexibility index (Phi) is 8.08. The van der Waals surface area contributed by atoms with E-state index < -0.39 is 0 Å². The normalized spacial score (nSPS) is 15.0. The second-order valence-corrected chi connectivity index (χ2v) is 8.17. The average Bonchev–Trinajstić information content (AvgIpc) is 3.38. The van der Waals surface area contributed by atoms with E-state index in [-0.39, 0.29) is 0 Å². The molecule has 0 radical (unpaired) electrons. The van der Waals surface area contributed by atoms with E-state index in [2.05, 4.69) is 34.4 Å². The fourth-order valence-electron chi connectivity index (χ4n) is 3.22. The van der Waals surface area contributed by atoms with E-state index in [1.165, 1.54) is 22.7 Å². The van der Waals surface area contributed by atoms with Crippen LogP contribution in [0, 0.1) is 0 Å². The standard InChI is InChI=1S/C21H31N5OS/c1-3-18-15-25-20(28-18)10-12-24-21(22-4-2)26-14-16-9-11-23-19(13-16)27-17-7-5-6-8-17/h9,11,13,15,17H,3-8,10,12,14H2,1-2H3,(H2,22,24,26). The van der Waals surface area contributed by atoms with Gasteiger partial charge in [0.2, 0.25) is 5.88 Å². The molecule has 1 aliphatic rings. The molecule has 0 atom stereocenters. The number of aromatic nitrogens is 2. The Hall–Kier alpha value is -2.15. The Bertz CT molecular complexity index is 755. The molecule has 0 saturated heterocycles. The molecule has 0 aliphatic heterocycles. The predicted molar refractivity (Wildman–Crippen MR) is 115 cm³/mol. The quantitative estimate of drug-likeness (QED) is 0.495. The second-order valence-electron chi connectivity index (χ2n) is 6.97. The molecule has 28 heavy (non-hydrogen) atoms. The highest BCUT2D eigenvalue weighted by atomic mass is 32.1. The van der Waals surface area contributed by atoms with E-state index in [4.69, 9.17) is 9.73 Å². The summed E-state index contributed by atoms with van der Waals surface area (Å²) in [5.74, 6) is 1.54. The largest absolute Gasteiger partial charge is 0.474 e. The lowest BCUT2D eigenvalue weighted by Crippen LogP contribution is -2.38. The smallest absolute Gasteiger partial charge is 0.213 e. The van der Waals surface area contributed by atoms with Gasteiger partial charge in [0.15, 0.2) is 5.96 Å². The zero-order valence-corrected chi connectivity index (χ0v) is 17.7. The van der Waals surface area contributed by atoms with Gasteiger partial charge in [-0.1, -0.05) is 6.92 Å². The Balaban J connectivity index is 1.51. The Labute approximate surface area is 171 Å². The summed E-state index contributed by atoms with van der Waals surface area (Å²) in [6, 6.07) is 4.00. The van der Waals surface area contributed by atoms with Crippen LogP contribution in [0.1, 0.15) is 55.0 Å². The van der Waals surface area contributed by atoms with Gasteiger partial charge in [0.25, 0.3) is 0 Å². The third kappa shape index (κ3) is 6.48. The number of aryl methyl sites for hydroxylation is 1. The molecule has 7 heteroatoms. The SMILES string of the molecule is CCNC(=NCc1ccnc(OC2CCCC2)c1)NCCc1ncc(CC)s1. The number of pyridine rings is 1. The van der Waals surface area contributed by atoms with E-state index in [1.807, 2.05) is 24.5 Å². The van der Waals surface area contributed by atoms with E-state index in [1.54, 1.807) is 11.3 Å². The molecular formula is C21H31N5OS. The first-order valence-electron chi connectivity index (χ1n) is 10.3. The van der Waals surface area contributed by atoms with Crippen LogP contribution in [-0.2, 0) is 19.4 Å². The third-order valence-corrected chi connectivity index (χ3v) is 5.94. The minimum Gasteiger partial charge on any atom is -0.474 e. The first kappa shape index (κ1) is 20.6. The number of aliphatic imine (C=N–C) groups is 1. The van der Waals surface area contributed by atoms with Crippen molar-refractivity contribution in [2.24, 2.45) is 4.99 Å². The minimum atomic E-state index is 0.323. The zero-order chi connectivity index (χ0) is 19.6. The van der Waals surface area contributed by atoms with Gasteiger partial charge in [0.05, 0.1) is 11.6 Å². The van der Waals surface area contributed by atoms with Gasteiger partial charge in [-0.3, -0.25) is 0 Å². The van der Waals surface area contributed by atoms with Gasteiger partial charge in [-0.25, -0.2) is 15.0 Å². The molecule has 0 amide bonds. The lowest BCUT2D eigenvalue weighted by atomic mass is 10.2. The summed E-state index contributed by atoms with van der Waals surface area (Å²) < 4.78 is 6.00. The molecule has 1 fully saturated rings. The van der Waals surface area contributed by atoms with Crippen LogP contribution >= 0.6 is 11.3 Å². The molecule has 152 valence electrons. The number of hydrogen-bond acceptors (Lipinski definition) is 5. The molecule has 1 saturated carbocycles. The van der Waals surface area contributed by atoms with Crippen molar-refractivity contribution < 1.29 is 4.74 Å². The van der Waals surface area contributed by atoms with Crippen molar-refractivity contribution in [2.75, 3.05) is 13.1 Å². The minimum absolute atomic E-state index is 0.323. The van der Waals surface area contributed by atoms with E-state index in [0.29, 0.717) is 18.5 Å². The van der Waals surface area contributed by atoms with Crippen molar-refractivity contribution >= 4 is 17.3 Å². The summed E-state index contributed by atoms with van der Waals surface area (Å²) in [6.07, 6.45) is 10.9. The Morgan fingerprint density at radius 2 is 2.11 bits per heavy atom. The Morgan fingerprint density at radius 3 is 2.86 bits per heavy atom. The Morgan fingerprint density at radius 1 is 1.25 bits per heavy atom. The topological polar surface area (TPSA) is 71.4 Å². The number of nitrogens with one attached hydrogen (secondary N) is 2. The number of nitrogens with zero attached hydrogens (tertiary/aromatic N) is 3. The molecule has 2 aromatic rings. The highest BCUT2D eigenvalue weighted by molar-refractivity contribution is 7.11. The van der Waals surface area contributed by atoms with Gasteiger partial charge in [-0.15, -0.1) is 11.3 Å². The first-order chi connectivity index (χ1) is 13.8. The highest BCUT2D eigenvalue weighted by Crippen LogP contribution is 2.23. The highest BCUT2D eigenvalue weighted by Gasteiger charge is 2.17. The third-order valence-electron chi connectivity index (χ3n) is 4.73. The molecule has 0 bridgehead atoms. The van der Waals surface area contributed by atoms with Gasteiger partial charge < -0.3 is 15.4 Å². The monoisotopic (exact) mass is 401 g/mol. The molecule has 0 spiro atoms. The molecule has 2 N–H and O–H groups in total. The summed E-state index contributed by atoms with van der Waals surface area (Å²) in [5.41, 5.74) is 1.10. The summed E-state index contributed by atoms with van der Waals surface area (Å²) in [7, 11) is 0. The maximum Gasteiger partial charge on any atom is 0.213 e. The summed E-state index contributed by atoms with van der Waals surface area (Å²) in [5, 5.41) is 7.87. The molecule has 0 unspecified atom stereocenters. The molecule has 2 aromatic heterocycles. The number of hydrogen-bond donors (Lipinski definition) is 2. The van der Waals surface area contributed by atoms with Crippen LogP contribution in [0.25, 0.3) is 0 Å². The van der Waals surface area contributed by atoms with Crippen molar-refractivity contribution in [1.29, 1.82) is 0 Å².